The number of methoxy groups -OCH3 is 1. The molecule has 7 heteroatoms. The summed E-state index contributed by atoms with van der Waals surface area (Å²) in [6.07, 6.45) is 0. The number of nitrogens with zero attached hydrogens (tertiary/aromatic N) is 3. The van der Waals surface area contributed by atoms with Gasteiger partial charge in [-0.15, -0.1) is 0 Å². The molecule has 26 heavy (non-hydrogen) atoms. The Morgan fingerprint density at radius 3 is 2.65 bits per heavy atom. The number of hydrogen-bond acceptors (Lipinski definition) is 5. The van der Waals surface area contributed by atoms with Crippen LogP contribution >= 0.6 is 0 Å². The van der Waals surface area contributed by atoms with Crippen LogP contribution in [-0.2, 0) is 0 Å². The van der Waals surface area contributed by atoms with Crippen LogP contribution in [0.25, 0.3) is 11.4 Å². The smallest absolute Gasteiger partial charge is 0.253 e. The Morgan fingerprint density at radius 1 is 1.19 bits per heavy atom. The van der Waals surface area contributed by atoms with Crippen LogP contribution in [0.3, 0.4) is 0 Å². The third-order valence-corrected chi connectivity index (χ3v) is 4.40. The van der Waals surface area contributed by atoms with Gasteiger partial charge in [0.2, 0.25) is 11.7 Å². The maximum Gasteiger partial charge on any atom is 0.253 e. The highest BCUT2D eigenvalue weighted by Gasteiger charge is 2.36. The van der Waals surface area contributed by atoms with Crippen LogP contribution in [0.15, 0.2) is 53.1 Å². The molecule has 1 aliphatic rings. The summed E-state index contributed by atoms with van der Waals surface area (Å²) in [6, 6.07) is 13.0. The lowest BCUT2D eigenvalue weighted by molar-refractivity contribution is 0.0569. The molecule has 0 saturated carbocycles. The van der Waals surface area contributed by atoms with E-state index in [1.165, 1.54) is 24.3 Å². The Morgan fingerprint density at radius 2 is 1.92 bits per heavy atom. The van der Waals surface area contributed by atoms with Crippen molar-refractivity contribution in [1.29, 1.82) is 0 Å². The Hall–Kier alpha value is -3.22. The molecule has 0 atom stereocenters. The minimum Gasteiger partial charge on any atom is -0.496 e. The maximum absolute atomic E-state index is 13.0. The number of para-hydroxylation sites is 1. The van der Waals surface area contributed by atoms with Crippen LogP contribution in [0.1, 0.15) is 22.2 Å². The predicted octanol–water partition coefficient (Wildman–Crippen LogP) is 3.12. The number of halogens is 1. The largest absolute Gasteiger partial charge is 0.496 e. The first-order valence-electron chi connectivity index (χ1n) is 8.17. The number of aromatic nitrogens is 2. The van der Waals surface area contributed by atoms with E-state index in [0.717, 1.165) is 5.56 Å². The molecule has 0 radical (unpaired) electrons. The zero-order valence-electron chi connectivity index (χ0n) is 14.1. The Balaban J connectivity index is 1.44. The molecule has 0 spiro atoms. The summed E-state index contributed by atoms with van der Waals surface area (Å²) in [6.45, 7) is 0.980. The lowest BCUT2D eigenvalue weighted by Crippen LogP contribution is -2.48. The van der Waals surface area contributed by atoms with Gasteiger partial charge >= 0.3 is 0 Å². The number of benzene rings is 2. The summed E-state index contributed by atoms with van der Waals surface area (Å²) in [4.78, 5) is 18.5. The average molecular weight is 353 g/mol. The van der Waals surface area contributed by atoms with Crippen molar-refractivity contribution in [1.82, 2.24) is 15.0 Å². The van der Waals surface area contributed by atoms with Crippen molar-refractivity contribution in [2.24, 2.45) is 0 Å². The standard InChI is InChI=1S/C19H16FN3O3/c1-25-16-5-3-2-4-15(16)17-21-18(26-22-17)13-10-23(11-13)19(24)12-6-8-14(20)9-7-12/h2-9,13H,10-11H2,1H3. The molecule has 1 amide bonds. The molecular weight excluding hydrogens is 337 g/mol. The van der Waals surface area contributed by atoms with Crippen LogP contribution in [0, 0.1) is 5.82 Å². The molecule has 0 N–H and O–H groups in total. The lowest BCUT2D eigenvalue weighted by Gasteiger charge is -2.37. The topological polar surface area (TPSA) is 68.5 Å². The zero-order valence-corrected chi connectivity index (χ0v) is 14.1. The minimum atomic E-state index is -0.363. The highest BCUT2D eigenvalue weighted by Crippen LogP contribution is 2.31. The summed E-state index contributed by atoms with van der Waals surface area (Å²) in [5, 5.41) is 4.02. The maximum atomic E-state index is 13.0. The number of amides is 1. The molecule has 2 aromatic carbocycles. The quantitative estimate of drug-likeness (QED) is 0.721. The van der Waals surface area contributed by atoms with Gasteiger partial charge < -0.3 is 14.2 Å². The van der Waals surface area contributed by atoms with E-state index in [9.17, 15) is 9.18 Å². The Labute approximate surface area is 149 Å². The second-order valence-corrected chi connectivity index (χ2v) is 6.07. The average Bonchev–Trinajstić information content (AvgIpc) is 3.10. The second-order valence-electron chi connectivity index (χ2n) is 6.07. The van der Waals surface area contributed by atoms with Gasteiger partial charge in [-0.25, -0.2) is 4.39 Å². The van der Waals surface area contributed by atoms with E-state index < -0.39 is 0 Å². The molecule has 0 unspecified atom stereocenters. The molecule has 1 aliphatic heterocycles. The van der Waals surface area contributed by atoms with Crippen molar-refractivity contribution in [3.8, 4) is 17.1 Å². The van der Waals surface area contributed by atoms with Crippen LogP contribution in [0.2, 0.25) is 0 Å². The molecular formula is C19H16FN3O3. The van der Waals surface area contributed by atoms with Gasteiger partial charge in [0.05, 0.1) is 18.6 Å². The number of carbonyl (C=O) groups is 1. The van der Waals surface area contributed by atoms with E-state index in [-0.39, 0.29) is 17.6 Å². The molecule has 1 fully saturated rings. The van der Waals surface area contributed by atoms with Crippen molar-refractivity contribution in [3.63, 3.8) is 0 Å². The molecule has 4 rings (SSSR count). The lowest BCUT2D eigenvalue weighted by atomic mass is 9.98. The Bertz CT molecular complexity index is 933. The molecule has 0 aliphatic carbocycles. The van der Waals surface area contributed by atoms with Crippen LogP contribution in [0.5, 0.6) is 5.75 Å². The molecule has 2 heterocycles. The summed E-state index contributed by atoms with van der Waals surface area (Å²) >= 11 is 0. The van der Waals surface area contributed by atoms with Crippen molar-refractivity contribution in [3.05, 3.63) is 65.8 Å². The first kappa shape index (κ1) is 16.3. The van der Waals surface area contributed by atoms with Gasteiger partial charge in [0.15, 0.2) is 0 Å². The van der Waals surface area contributed by atoms with E-state index in [4.69, 9.17) is 9.26 Å². The summed E-state index contributed by atoms with van der Waals surface area (Å²) < 4.78 is 23.6. The summed E-state index contributed by atoms with van der Waals surface area (Å²) in [7, 11) is 1.59. The van der Waals surface area contributed by atoms with E-state index in [0.29, 0.717) is 36.1 Å². The molecule has 1 saturated heterocycles. The van der Waals surface area contributed by atoms with Gasteiger partial charge in [0, 0.05) is 18.7 Å². The fourth-order valence-corrected chi connectivity index (χ4v) is 2.92. The third-order valence-electron chi connectivity index (χ3n) is 4.40. The van der Waals surface area contributed by atoms with Crippen molar-refractivity contribution < 1.29 is 18.4 Å². The molecule has 0 bridgehead atoms. The Kier molecular flexibility index (Phi) is 4.12. The van der Waals surface area contributed by atoms with Gasteiger partial charge in [-0.3, -0.25) is 4.79 Å². The third kappa shape index (κ3) is 2.92. The van der Waals surface area contributed by atoms with Gasteiger partial charge in [-0.05, 0) is 36.4 Å². The first-order valence-corrected chi connectivity index (χ1v) is 8.17. The van der Waals surface area contributed by atoms with Crippen molar-refractivity contribution in [2.45, 2.75) is 5.92 Å². The number of likely N-dealkylation sites (tertiary alicyclic amines) is 1. The molecule has 1 aromatic heterocycles. The number of carbonyl (C=O) groups excluding carboxylic acids is 1. The van der Waals surface area contributed by atoms with Gasteiger partial charge in [-0.2, -0.15) is 4.98 Å². The van der Waals surface area contributed by atoms with E-state index in [2.05, 4.69) is 10.1 Å². The fraction of sp³-hybridized carbons (Fsp3) is 0.211. The van der Waals surface area contributed by atoms with Crippen molar-refractivity contribution in [2.75, 3.05) is 20.2 Å². The summed E-state index contributed by atoms with van der Waals surface area (Å²) in [5.74, 6) is 1.12. The first-order chi connectivity index (χ1) is 12.7. The van der Waals surface area contributed by atoms with E-state index in [1.54, 1.807) is 12.0 Å². The second kappa shape index (κ2) is 6.59. The number of ether oxygens (including phenoxy) is 1. The van der Waals surface area contributed by atoms with Gasteiger partial charge in [-0.1, -0.05) is 17.3 Å². The highest BCUT2D eigenvalue weighted by molar-refractivity contribution is 5.94. The zero-order chi connectivity index (χ0) is 18.1. The van der Waals surface area contributed by atoms with Gasteiger partial charge in [0.25, 0.3) is 5.91 Å². The molecule has 3 aromatic rings. The van der Waals surface area contributed by atoms with Crippen LogP contribution in [-0.4, -0.2) is 41.1 Å². The minimum absolute atomic E-state index is 0.00430. The van der Waals surface area contributed by atoms with Crippen molar-refractivity contribution >= 4 is 5.91 Å². The summed E-state index contributed by atoms with van der Waals surface area (Å²) in [5.41, 5.74) is 1.22. The monoisotopic (exact) mass is 353 g/mol. The molecule has 132 valence electrons. The van der Waals surface area contributed by atoms with E-state index >= 15 is 0 Å². The molecule has 6 nitrogen and oxygen atoms in total. The number of hydrogen-bond donors (Lipinski definition) is 0. The SMILES string of the molecule is COc1ccccc1-c1noc(C2CN(C(=O)c3ccc(F)cc3)C2)n1. The fourth-order valence-electron chi connectivity index (χ4n) is 2.92. The van der Waals surface area contributed by atoms with Crippen LogP contribution in [0.4, 0.5) is 4.39 Å². The van der Waals surface area contributed by atoms with E-state index in [1.807, 2.05) is 24.3 Å². The highest BCUT2D eigenvalue weighted by atomic mass is 19.1. The predicted molar refractivity (Wildman–Crippen MR) is 91.3 cm³/mol. The normalized spacial score (nSPS) is 14.2. The van der Waals surface area contributed by atoms with Gasteiger partial charge in [0.1, 0.15) is 11.6 Å². The van der Waals surface area contributed by atoms with Crippen LogP contribution < -0.4 is 4.74 Å². The number of rotatable bonds is 4.